The number of carbonyl (C=O) groups excluding carboxylic acids is 1. The van der Waals surface area contributed by atoms with Crippen molar-refractivity contribution in [3.05, 3.63) is 46.7 Å². The third kappa shape index (κ3) is 4.87. The number of carbonyl (C=O) groups is 2. The number of aromatic nitrogens is 2. The first-order valence-electron chi connectivity index (χ1n) is 8.89. The van der Waals surface area contributed by atoms with Gasteiger partial charge < -0.3 is 14.7 Å². The van der Waals surface area contributed by atoms with Crippen LogP contribution in [0.15, 0.2) is 30.5 Å². The van der Waals surface area contributed by atoms with Crippen LogP contribution in [0, 0.1) is 6.92 Å². The van der Waals surface area contributed by atoms with E-state index in [2.05, 4.69) is 5.10 Å². The first-order valence-corrected chi connectivity index (χ1v) is 9.26. The minimum atomic E-state index is -0.936. The Morgan fingerprint density at radius 3 is 2.74 bits per heavy atom. The highest BCUT2D eigenvalue weighted by atomic mass is 35.5. The maximum Gasteiger partial charge on any atom is 0.305 e. The second-order valence-electron chi connectivity index (χ2n) is 6.58. The van der Waals surface area contributed by atoms with Gasteiger partial charge in [-0.3, -0.25) is 9.59 Å². The largest absolute Gasteiger partial charge is 0.481 e. The normalized spacial score (nSPS) is 16.4. The van der Waals surface area contributed by atoms with Crippen molar-refractivity contribution in [3.8, 4) is 5.69 Å². The Kier molecular flexibility index (Phi) is 6.13. The van der Waals surface area contributed by atoms with Gasteiger partial charge in [0.25, 0.3) is 5.91 Å². The van der Waals surface area contributed by atoms with Crippen LogP contribution in [0.2, 0.25) is 5.02 Å². The molecule has 1 N–H and O–H groups in total. The predicted molar refractivity (Wildman–Crippen MR) is 100 cm³/mol. The predicted octanol–water partition coefficient (Wildman–Crippen LogP) is 2.93. The second-order valence-corrected chi connectivity index (χ2v) is 7.02. The highest BCUT2D eigenvalue weighted by Gasteiger charge is 2.26. The van der Waals surface area contributed by atoms with E-state index in [1.165, 1.54) is 0 Å². The van der Waals surface area contributed by atoms with Crippen molar-refractivity contribution in [2.24, 2.45) is 0 Å². The molecule has 2 heterocycles. The van der Waals surface area contributed by atoms with Gasteiger partial charge in [-0.1, -0.05) is 11.6 Å². The molecule has 0 radical (unpaired) electrons. The second kappa shape index (κ2) is 8.54. The molecule has 1 saturated heterocycles. The number of nitrogens with zero attached hydrogens (tertiary/aromatic N) is 3. The Morgan fingerprint density at radius 2 is 2.11 bits per heavy atom. The summed E-state index contributed by atoms with van der Waals surface area (Å²) >= 11 is 5.92. The Hall–Kier alpha value is -2.38. The van der Waals surface area contributed by atoms with E-state index < -0.39 is 5.97 Å². The third-order valence-corrected chi connectivity index (χ3v) is 4.80. The van der Waals surface area contributed by atoms with Gasteiger partial charge in [0, 0.05) is 30.9 Å². The molecule has 1 atom stereocenters. The molecule has 3 rings (SSSR count). The Labute approximate surface area is 162 Å². The molecule has 7 nitrogen and oxygen atoms in total. The Bertz CT molecular complexity index is 813. The van der Waals surface area contributed by atoms with E-state index in [1.807, 2.05) is 12.1 Å². The fraction of sp³-hybridized carbons (Fsp3) is 0.421. The molecule has 0 unspecified atom stereocenters. The molecule has 2 aromatic rings. The summed E-state index contributed by atoms with van der Waals surface area (Å²) in [5.74, 6) is -1.17. The first kappa shape index (κ1) is 19.4. The van der Waals surface area contributed by atoms with Gasteiger partial charge in [0.05, 0.1) is 29.5 Å². The standard InChI is InChI=1S/C19H22ClN3O4/c1-13-17(12-23(21-13)15-6-4-14(20)5-7-15)19(26)22(9-8-18(24)25)11-16-3-2-10-27-16/h4-7,12,16H,2-3,8-11H2,1H3,(H,24,25)/t16-/m1/s1. The molecule has 0 aliphatic carbocycles. The summed E-state index contributed by atoms with van der Waals surface area (Å²) in [6.45, 7) is 2.97. The zero-order valence-electron chi connectivity index (χ0n) is 15.1. The summed E-state index contributed by atoms with van der Waals surface area (Å²) in [5.41, 5.74) is 1.83. The van der Waals surface area contributed by atoms with Crippen molar-refractivity contribution in [3.63, 3.8) is 0 Å². The van der Waals surface area contributed by atoms with Gasteiger partial charge in [0.2, 0.25) is 0 Å². The number of aryl methyl sites for hydroxylation is 1. The van der Waals surface area contributed by atoms with Crippen molar-refractivity contribution in [1.29, 1.82) is 0 Å². The minimum absolute atomic E-state index is 0.0469. The molecule has 1 aromatic heterocycles. The average Bonchev–Trinajstić information content (AvgIpc) is 3.28. The molecular weight excluding hydrogens is 370 g/mol. The Balaban J connectivity index is 1.81. The molecule has 27 heavy (non-hydrogen) atoms. The van der Waals surface area contributed by atoms with Crippen molar-refractivity contribution < 1.29 is 19.4 Å². The van der Waals surface area contributed by atoms with Crippen LogP contribution in [0.3, 0.4) is 0 Å². The quantitative estimate of drug-likeness (QED) is 0.784. The summed E-state index contributed by atoms with van der Waals surface area (Å²) in [4.78, 5) is 25.6. The molecule has 1 amide bonds. The highest BCUT2D eigenvalue weighted by Crippen LogP contribution is 2.19. The van der Waals surface area contributed by atoms with Gasteiger partial charge >= 0.3 is 5.97 Å². The molecule has 1 fully saturated rings. The topological polar surface area (TPSA) is 84.7 Å². The lowest BCUT2D eigenvalue weighted by atomic mass is 10.2. The number of hydrogen-bond acceptors (Lipinski definition) is 4. The first-order chi connectivity index (χ1) is 12.9. The fourth-order valence-corrected chi connectivity index (χ4v) is 3.23. The van der Waals surface area contributed by atoms with Crippen LogP contribution in [-0.4, -0.2) is 57.5 Å². The number of benzene rings is 1. The zero-order chi connectivity index (χ0) is 19.4. The van der Waals surface area contributed by atoms with Crippen LogP contribution in [0.1, 0.15) is 35.3 Å². The van der Waals surface area contributed by atoms with Gasteiger partial charge in [-0.05, 0) is 44.0 Å². The van der Waals surface area contributed by atoms with Crippen molar-refractivity contribution in [1.82, 2.24) is 14.7 Å². The van der Waals surface area contributed by atoms with Gasteiger partial charge in [-0.25, -0.2) is 4.68 Å². The minimum Gasteiger partial charge on any atom is -0.481 e. The van der Waals surface area contributed by atoms with E-state index in [9.17, 15) is 9.59 Å². The number of carboxylic acids is 1. The van der Waals surface area contributed by atoms with Crippen molar-refractivity contribution >= 4 is 23.5 Å². The van der Waals surface area contributed by atoms with E-state index >= 15 is 0 Å². The maximum absolute atomic E-state index is 13.1. The SMILES string of the molecule is Cc1nn(-c2ccc(Cl)cc2)cc1C(=O)N(CCC(=O)O)C[C@H]1CCCO1. The smallest absolute Gasteiger partial charge is 0.305 e. The van der Waals surface area contributed by atoms with E-state index in [-0.39, 0.29) is 25.0 Å². The number of ether oxygens (including phenoxy) is 1. The van der Waals surface area contributed by atoms with E-state index in [4.69, 9.17) is 21.4 Å². The molecule has 0 bridgehead atoms. The number of rotatable bonds is 7. The number of aliphatic carboxylic acids is 1. The summed E-state index contributed by atoms with van der Waals surface area (Å²) in [7, 11) is 0. The lowest BCUT2D eigenvalue weighted by Crippen LogP contribution is -2.39. The van der Waals surface area contributed by atoms with Gasteiger partial charge in [0.1, 0.15) is 0 Å². The van der Waals surface area contributed by atoms with Crippen molar-refractivity contribution in [2.45, 2.75) is 32.3 Å². The molecule has 1 aliphatic rings. The molecule has 8 heteroatoms. The van der Waals surface area contributed by atoms with Crippen LogP contribution in [0.5, 0.6) is 0 Å². The molecule has 1 aliphatic heterocycles. The van der Waals surface area contributed by atoms with E-state index in [0.29, 0.717) is 29.4 Å². The molecule has 0 saturated carbocycles. The van der Waals surface area contributed by atoms with Gasteiger partial charge in [-0.15, -0.1) is 0 Å². The lowest BCUT2D eigenvalue weighted by molar-refractivity contribution is -0.137. The molecule has 0 spiro atoms. The van der Waals surface area contributed by atoms with Crippen LogP contribution in [0.4, 0.5) is 0 Å². The van der Waals surface area contributed by atoms with Crippen LogP contribution in [0.25, 0.3) is 5.69 Å². The molecule has 1 aromatic carbocycles. The van der Waals surface area contributed by atoms with Gasteiger partial charge in [0.15, 0.2) is 0 Å². The number of carboxylic acid groups (broad SMARTS) is 1. The van der Waals surface area contributed by atoms with E-state index in [0.717, 1.165) is 18.5 Å². The van der Waals surface area contributed by atoms with Crippen LogP contribution >= 0.6 is 11.6 Å². The highest BCUT2D eigenvalue weighted by molar-refractivity contribution is 6.30. The summed E-state index contributed by atoms with van der Waals surface area (Å²) in [5, 5.41) is 14.0. The van der Waals surface area contributed by atoms with E-state index in [1.54, 1.807) is 34.8 Å². The summed E-state index contributed by atoms with van der Waals surface area (Å²) in [6.07, 6.45) is 3.35. The summed E-state index contributed by atoms with van der Waals surface area (Å²) < 4.78 is 7.24. The monoisotopic (exact) mass is 391 g/mol. The lowest BCUT2D eigenvalue weighted by Gasteiger charge is -2.24. The summed E-state index contributed by atoms with van der Waals surface area (Å²) in [6, 6.07) is 7.15. The van der Waals surface area contributed by atoms with Crippen LogP contribution < -0.4 is 0 Å². The van der Waals surface area contributed by atoms with Crippen molar-refractivity contribution in [2.75, 3.05) is 19.7 Å². The number of amides is 1. The maximum atomic E-state index is 13.1. The Morgan fingerprint density at radius 1 is 1.37 bits per heavy atom. The zero-order valence-corrected chi connectivity index (χ0v) is 15.9. The number of hydrogen-bond donors (Lipinski definition) is 1. The van der Waals surface area contributed by atoms with Gasteiger partial charge in [-0.2, -0.15) is 5.10 Å². The molecule has 144 valence electrons. The fourth-order valence-electron chi connectivity index (χ4n) is 3.11. The molecular formula is C19H22ClN3O4. The van der Waals surface area contributed by atoms with Crippen LogP contribution in [-0.2, 0) is 9.53 Å². The third-order valence-electron chi connectivity index (χ3n) is 4.55. The number of halogens is 1. The average molecular weight is 392 g/mol.